The van der Waals surface area contributed by atoms with E-state index in [4.69, 9.17) is 0 Å². The monoisotopic (exact) mass is 482 g/mol. The van der Waals surface area contributed by atoms with Gasteiger partial charge in [0.2, 0.25) is 0 Å². The normalized spacial score (nSPS) is 19.8. The molecule has 0 bridgehead atoms. The number of thioether (sulfide) groups is 1. The maximum absolute atomic E-state index is 12.4. The van der Waals surface area contributed by atoms with Gasteiger partial charge in [-0.05, 0) is 53.4 Å². The molecule has 0 aromatic rings. The molecule has 3 atom stereocenters. The number of carboxylic acids is 2. The molecular formula is C24H38N2O6S. The summed E-state index contributed by atoms with van der Waals surface area (Å²) in [5.74, 6) is -1.63. The fourth-order valence-electron chi connectivity index (χ4n) is 3.40. The maximum atomic E-state index is 12.4. The zero-order valence-corrected chi connectivity index (χ0v) is 20.9. The highest BCUT2D eigenvalue weighted by molar-refractivity contribution is 7.99. The van der Waals surface area contributed by atoms with Gasteiger partial charge in [-0.2, -0.15) is 11.8 Å². The molecule has 8 nitrogen and oxygen atoms in total. The standard InChI is InChI=1S/C24H38N2O6S/c1-16(2)7-5-8-17(3)9-6-10-18(4)11-12-33-15-20(22(28)29)25-24(32)26-14-19(27)13-21(26)23(30)31/h7,9,11,19-21,27H,5-6,8,10,12-15H2,1-4H3,(H,25,32)(H,28,29)(H,30,31)/b17-9+,18-11+. The highest BCUT2D eigenvalue weighted by Crippen LogP contribution is 2.19. The fraction of sp³-hybridized carbons (Fsp3) is 0.625. The van der Waals surface area contributed by atoms with Gasteiger partial charge in [0.1, 0.15) is 12.1 Å². The molecule has 33 heavy (non-hydrogen) atoms. The number of carbonyl (C=O) groups is 3. The smallest absolute Gasteiger partial charge is 0.327 e. The van der Waals surface area contributed by atoms with E-state index >= 15 is 0 Å². The Kier molecular flexibility index (Phi) is 12.9. The summed E-state index contributed by atoms with van der Waals surface area (Å²) in [6, 6.07) is -3.09. The van der Waals surface area contributed by atoms with Crippen LogP contribution < -0.4 is 5.32 Å². The van der Waals surface area contributed by atoms with Crippen LogP contribution in [0.25, 0.3) is 0 Å². The SMILES string of the molecule is CC(C)=CCC/C(C)=C/CC/C(C)=C/CSCC(NC(=O)N1CC(O)CC1C(=O)O)C(=O)O. The molecule has 0 aliphatic carbocycles. The molecule has 0 aromatic heterocycles. The average Bonchev–Trinajstić information content (AvgIpc) is 3.12. The number of β-amino-alcohol motifs (C(OH)–C–C–N with tert-alkyl or cyclic N) is 1. The molecule has 1 fully saturated rings. The summed E-state index contributed by atoms with van der Waals surface area (Å²) in [5, 5.41) is 30.7. The molecule has 3 unspecified atom stereocenters. The largest absolute Gasteiger partial charge is 0.480 e. The minimum Gasteiger partial charge on any atom is -0.480 e. The van der Waals surface area contributed by atoms with Crippen molar-refractivity contribution in [1.82, 2.24) is 10.2 Å². The number of aliphatic hydroxyl groups is 1. The van der Waals surface area contributed by atoms with Gasteiger partial charge in [0.05, 0.1) is 6.10 Å². The second-order valence-corrected chi connectivity index (χ2v) is 9.81. The van der Waals surface area contributed by atoms with Gasteiger partial charge in [-0.15, -0.1) is 0 Å². The van der Waals surface area contributed by atoms with Gasteiger partial charge in [-0.3, -0.25) is 0 Å². The van der Waals surface area contributed by atoms with Crippen LogP contribution in [0.15, 0.2) is 34.9 Å². The number of hydrogen-bond acceptors (Lipinski definition) is 5. The molecular weight excluding hydrogens is 444 g/mol. The summed E-state index contributed by atoms with van der Waals surface area (Å²) in [5.41, 5.74) is 3.94. The Hall–Kier alpha value is -2.26. The Balaban J connectivity index is 2.43. The number of nitrogens with zero attached hydrogens (tertiary/aromatic N) is 1. The van der Waals surface area contributed by atoms with Crippen LogP contribution in [0.1, 0.15) is 59.8 Å². The molecule has 1 saturated heterocycles. The first-order valence-electron chi connectivity index (χ1n) is 11.2. The quantitative estimate of drug-likeness (QED) is 0.232. The summed E-state index contributed by atoms with van der Waals surface area (Å²) >= 11 is 1.39. The number of aliphatic hydroxyl groups excluding tert-OH is 1. The Bertz CT molecular complexity index is 773. The van der Waals surface area contributed by atoms with Crippen LogP contribution in [0.2, 0.25) is 0 Å². The number of nitrogens with one attached hydrogen (secondary N) is 1. The zero-order chi connectivity index (χ0) is 25.0. The van der Waals surface area contributed by atoms with Crippen molar-refractivity contribution < 1.29 is 29.7 Å². The molecule has 0 saturated carbocycles. The van der Waals surface area contributed by atoms with Gasteiger partial charge < -0.3 is 25.5 Å². The number of likely N-dealkylation sites (tertiary alicyclic amines) is 1. The molecule has 1 rings (SSSR count). The first-order chi connectivity index (χ1) is 15.5. The molecule has 4 N–H and O–H groups in total. The number of amides is 2. The zero-order valence-electron chi connectivity index (χ0n) is 20.0. The molecule has 0 spiro atoms. The lowest BCUT2D eigenvalue weighted by Crippen LogP contribution is -2.52. The number of carbonyl (C=O) groups excluding carboxylic acids is 1. The minimum absolute atomic E-state index is 0.0660. The van der Waals surface area contributed by atoms with Gasteiger partial charge in [0.15, 0.2) is 0 Å². The van der Waals surface area contributed by atoms with Gasteiger partial charge >= 0.3 is 18.0 Å². The lowest BCUT2D eigenvalue weighted by molar-refractivity contribution is -0.141. The second-order valence-electron chi connectivity index (χ2n) is 8.73. The summed E-state index contributed by atoms with van der Waals surface area (Å²) in [7, 11) is 0. The van der Waals surface area contributed by atoms with Crippen molar-refractivity contribution in [3.8, 4) is 0 Å². The van der Waals surface area contributed by atoms with E-state index in [2.05, 4.69) is 44.3 Å². The third kappa shape index (κ3) is 11.4. The molecule has 186 valence electrons. The van der Waals surface area contributed by atoms with Gasteiger partial charge in [0.25, 0.3) is 0 Å². The molecule has 9 heteroatoms. The van der Waals surface area contributed by atoms with E-state index < -0.39 is 36.2 Å². The van der Waals surface area contributed by atoms with Crippen LogP contribution in [0.3, 0.4) is 0 Å². The van der Waals surface area contributed by atoms with Crippen LogP contribution in [-0.4, -0.2) is 74.4 Å². The molecule has 1 heterocycles. The van der Waals surface area contributed by atoms with Crippen molar-refractivity contribution in [3.63, 3.8) is 0 Å². The van der Waals surface area contributed by atoms with E-state index in [1.807, 2.05) is 6.92 Å². The fourth-order valence-corrected chi connectivity index (χ4v) is 4.41. The molecule has 1 aliphatic rings. The number of urea groups is 1. The van der Waals surface area contributed by atoms with Gasteiger partial charge in [-0.1, -0.05) is 34.9 Å². The molecule has 1 aliphatic heterocycles. The number of rotatable bonds is 13. The highest BCUT2D eigenvalue weighted by Gasteiger charge is 2.39. The lowest BCUT2D eigenvalue weighted by Gasteiger charge is -2.24. The minimum atomic E-state index is -1.22. The molecule has 2 amide bonds. The van der Waals surface area contributed by atoms with Crippen molar-refractivity contribution in [2.45, 2.75) is 78.0 Å². The number of allylic oxidation sites excluding steroid dienone is 5. The van der Waals surface area contributed by atoms with Crippen LogP contribution in [-0.2, 0) is 9.59 Å². The topological polar surface area (TPSA) is 127 Å². The summed E-state index contributed by atoms with van der Waals surface area (Å²) < 4.78 is 0. The Morgan fingerprint density at radius 3 is 2.21 bits per heavy atom. The van der Waals surface area contributed by atoms with Crippen molar-refractivity contribution in [1.29, 1.82) is 0 Å². The first kappa shape index (κ1) is 28.8. The van der Waals surface area contributed by atoms with Crippen LogP contribution in [0.4, 0.5) is 4.79 Å². The average molecular weight is 483 g/mol. The van der Waals surface area contributed by atoms with Gasteiger partial charge in [0, 0.05) is 24.5 Å². The Morgan fingerprint density at radius 2 is 1.64 bits per heavy atom. The predicted molar refractivity (Wildman–Crippen MR) is 131 cm³/mol. The lowest BCUT2D eigenvalue weighted by atomic mass is 10.1. The van der Waals surface area contributed by atoms with E-state index in [0.717, 1.165) is 30.6 Å². The van der Waals surface area contributed by atoms with Crippen molar-refractivity contribution in [2.75, 3.05) is 18.1 Å². The third-order valence-corrected chi connectivity index (χ3v) is 6.35. The van der Waals surface area contributed by atoms with E-state index in [9.17, 15) is 29.7 Å². The Labute approximate surface area is 200 Å². The molecule has 0 radical (unpaired) electrons. The second kappa shape index (κ2) is 14.8. The van der Waals surface area contributed by atoms with Crippen molar-refractivity contribution in [3.05, 3.63) is 34.9 Å². The number of aliphatic carboxylic acids is 2. The summed E-state index contributed by atoms with van der Waals surface area (Å²) in [6.07, 6.45) is 9.60. The van der Waals surface area contributed by atoms with Gasteiger partial charge in [-0.25, -0.2) is 14.4 Å². The summed E-state index contributed by atoms with van der Waals surface area (Å²) in [6.45, 7) is 8.27. The third-order valence-electron chi connectivity index (χ3n) is 5.38. The van der Waals surface area contributed by atoms with E-state index in [1.165, 1.54) is 28.5 Å². The van der Waals surface area contributed by atoms with Crippen molar-refractivity contribution in [2.24, 2.45) is 0 Å². The maximum Gasteiger partial charge on any atom is 0.327 e. The first-order valence-corrected chi connectivity index (χ1v) is 12.4. The Morgan fingerprint density at radius 1 is 1.03 bits per heavy atom. The summed E-state index contributed by atoms with van der Waals surface area (Å²) in [4.78, 5) is 36.2. The number of carboxylic acid groups (broad SMARTS) is 2. The molecule has 0 aromatic carbocycles. The van der Waals surface area contributed by atoms with Crippen LogP contribution >= 0.6 is 11.8 Å². The predicted octanol–water partition coefficient (Wildman–Crippen LogP) is 3.82. The van der Waals surface area contributed by atoms with E-state index in [-0.39, 0.29) is 18.7 Å². The van der Waals surface area contributed by atoms with Crippen LogP contribution in [0, 0.1) is 0 Å². The van der Waals surface area contributed by atoms with Crippen molar-refractivity contribution >= 4 is 29.7 Å². The van der Waals surface area contributed by atoms with Crippen LogP contribution in [0.5, 0.6) is 0 Å². The highest BCUT2D eigenvalue weighted by atomic mass is 32.2. The van der Waals surface area contributed by atoms with E-state index in [0.29, 0.717) is 5.75 Å². The van der Waals surface area contributed by atoms with E-state index in [1.54, 1.807) is 0 Å². The number of hydrogen-bond donors (Lipinski definition) is 4.